The third kappa shape index (κ3) is 2.28. The van der Waals surface area contributed by atoms with Gasteiger partial charge in [0.1, 0.15) is 0 Å². The molecule has 0 aromatic heterocycles. The monoisotopic (exact) mass is 240 g/mol. The molecule has 0 saturated carbocycles. The smallest absolute Gasteiger partial charge is 0.239 e. The number of amides is 1. The molecule has 1 fully saturated rings. The molecule has 1 aliphatic heterocycles. The summed E-state index contributed by atoms with van der Waals surface area (Å²) in [5, 5.41) is 12.4. The Balaban J connectivity index is 2.21. The average Bonchev–Trinajstić information content (AvgIpc) is 2.28. The fourth-order valence-electron chi connectivity index (χ4n) is 1.82. The van der Waals surface area contributed by atoms with E-state index in [0.717, 1.165) is 5.69 Å². The largest absolute Gasteiger partial charge is 0.394 e. The van der Waals surface area contributed by atoms with Crippen LogP contribution in [0, 0.1) is 0 Å². The van der Waals surface area contributed by atoms with Crippen molar-refractivity contribution in [2.45, 2.75) is 6.04 Å². The molecular weight excluding hydrogens is 228 g/mol. The van der Waals surface area contributed by atoms with Gasteiger partial charge in [0.25, 0.3) is 0 Å². The molecule has 86 valence electrons. The van der Waals surface area contributed by atoms with Gasteiger partial charge in [-0.3, -0.25) is 4.79 Å². The molecule has 16 heavy (non-hydrogen) atoms. The number of aliphatic hydroxyl groups is 1. The zero-order chi connectivity index (χ0) is 11.5. The number of anilines is 1. The minimum absolute atomic E-state index is 0.0628. The van der Waals surface area contributed by atoms with E-state index in [1.54, 1.807) is 6.07 Å². The van der Waals surface area contributed by atoms with Crippen LogP contribution in [-0.2, 0) is 4.79 Å². The first-order valence-corrected chi connectivity index (χ1v) is 5.48. The second-order valence-electron chi connectivity index (χ2n) is 3.78. The molecule has 4 nitrogen and oxygen atoms in total. The van der Waals surface area contributed by atoms with E-state index < -0.39 is 0 Å². The summed E-state index contributed by atoms with van der Waals surface area (Å²) in [5.41, 5.74) is 0.831. The standard InChI is InChI=1S/C11H13ClN2O2/c12-9-3-1-2-4-10(9)14-5-8(7-15)13-11(16)6-14/h1-4,8,15H,5-7H2,(H,13,16). The Morgan fingerprint density at radius 1 is 1.50 bits per heavy atom. The third-order valence-electron chi connectivity index (χ3n) is 2.55. The summed E-state index contributed by atoms with van der Waals surface area (Å²) >= 11 is 6.06. The summed E-state index contributed by atoms with van der Waals surface area (Å²) < 4.78 is 0. The molecule has 2 N–H and O–H groups in total. The first-order valence-electron chi connectivity index (χ1n) is 5.10. The zero-order valence-electron chi connectivity index (χ0n) is 8.69. The van der Waals surface area contributed by atoms with Gasteiger partial charge in [-0.15, -0.1) is 0 Å². The number of benzene rings is 1. The van der Waals surface area contributed by atoms with Crippen molar-refractivity contribution in [1.29, 1.82) is 0 Å². The number of carbonyl (C=O) groups is 1. The molecule has 1 aromatic rings. The zero-order valence-corrected chi connectivity index (χ0v) is 9.44. The summed E-state index contributed by atoms with van der Waals surface area (Å²) in [7, 11) is 0. The average molecular weight is 241 g/mol. The van der Waals surface area contributed by atoms with Crippen molar-refractivity contribution in [2.75, 3.05) is 24.6 Å². The lowest BCUT2D eigenvalue weighted by atomic mass is 10.2. The summed E-state index contributed by atoms with van der Waals surface area (Å²) in [5.74, 6) is -0.0924. The van der Waals surface area contributed by atoms with Crippen molar-refractivity contribution in [3.63, 3.8) is 0 Å². The van der Waals surface area contributed by atoms with E-state index in [-0.39, 0.29) is 25.1 Å². The second-order valence-corrected chi connectivity index (χ2v) is 4.19. The van der Waals surface area contributed by atoms with Crippen molar-refractivity contribution in [1.82, 2.24) is 5.32 Å². The fourth-order valence-corrected chi connectivity index (χ4v) is 2.07. The van der Waals surface area contributed by atoms with Gasteiger partial charge in [0, 0.05) is 6.54 Å². The molecule has 5 heteroatoms. The van der Waals surface area contributed by atoms with Gasteiger partial charge >= 0.3 is 0 Å². The molecular formula is C11H13ClN2O2. The minimum Gasteiger partial charge on any atom is -0.394 e. The lowest BCUT2D eigenvalue weighted by Crippen LogP contribution is -2.55. The van der Waals surface area contributed by atoms with E-state index in [4.69, 9.17) is 16.7 Å². The Hall–Kier alpha value is -1.26. The summed E-state index contributed by atoms with van der Waals surface area (Å²) in [4.78, 5) is 13.3. The van der Waals surface area contributed by atoms with Crippen LogP contribution in [0.25, 0.3) is 0 Å². The SMILES string of the molecule is O=C1CN(c2ccccc2Cl)CC(CO)N1. The van der Waals surface area contributed by atoms with Crippen LogP contribution in [-0.4, -0.2) is 36.8 Å². The third-order valence-corrected chi connectivity index (χ3v) is 2.87. The van der Waals surface area contributed by atoms with Crippen LogP contribution >= 0.6 is 11.6 Å². The number of hydrogen-bond donors (Lipinski definition) is 2. The van der Waals surface area contributed by atoms with Gasteiger partial charge in [-0.05, 0) is 12.1 Å². The van der Waals surface area contributed by atoms with E-state index in [1.165, 1.54) is 0 Å². The maximum Gasteiger partial charge on any atom is 0.239 e. The topological polar surface area (TPSA) is 52.6 Å². The van der Waals surface area contributed by atoms with E-state index in [2.05, 4.69) is 5.32 Å². The molecule has 1 heterocycles. The normalized spacial score (nSPS) is 20.8. The highest BCUT2D eigenvalue weighted by molar-refractivity contribution is 6.33. The van der Waals surface area contributed by atoms with Crippen molar-refractivity contribution < 1.29 is 9.90 Å². The number of nitrogens with zero attached hydrogens (tertiary/aromatic N) is 1. The van der Waals surface area contributed by atoms with Crippen LogP contribution in [0.5, 0.6) is 0 Å². The fraction of sp³-hybridized carbons (Fsp3) is 0.364. The summed E-state index contributed by atoms with van der Waals surface area (Å²) in [6.07, 6.45) is 0. The second kappa shape index (κ2) is 4.72. The first kappa shape index (κ1) is 11.2. The number of carbonyl (C=O) groups excluding carboxylic acids is 1. The van der Waals surface area contributed by atoms with Crippen LogP contribution in [0.1, 0.15) is 0 Å². The molecule has 1 unspecified atom stereocenters. The highest BCUT2D eigenvalue weighted by Gasteiger charge is 2.24. The predicted molar refractivity (Wildman–Crippen MR) is 62.7 cm³/mol. The summed E-state index contributed by atoms with van der Waals surface area (Å²) in [6, 6.07) is 7.16. The van der Waals surface area contributed by atoms with Crippen molar-refractivity contribution in [3.8, 4) is 0 Å². The van der Waals surface area contributed by atoms with Crippen LogP contribution < -0.4 is 10.2 Å². The molecule has 1 atom stereocenters. The van der Waals surface area contributed by atoms with Gasteiger partial charge in [-0.2, -0.15) is 0 Å². The molecule has 0 bridgehead atoms. The number of nitrogens with one attached hydrogen (secondary N) is 1. The Morgan fingerprint density at radius 2 is 2.25 bits per heavy atom. The Kier molecular flexibility index (Phi) is 3.31. The van der Waals surface area contributed by atoms with Gasteiger partial charge in [-0.25, -0.2) is 0 Å². The maximum atomic E-state index is 11.4. The van der Waals surface area contributed by atoms with Crippen LogP contribution in [0.2, 0.25) is 5.02 Å². The van der Waals surface area contributed by atoms with Crippen molar-refractivity contribution in [2.24, 2.45) is 0 Å². The molecule has 2 rings (SSSR count). The quantitative estimate of drug-likeness (QED) is 0.798. The molecule has 1 amide bonds. The number of halogens is 1. The van der Waals surface area contributed by atoms with Crippen molar-refractivity contribution in [3.05, 3.63) is 29.3 Å². The molecule has 1 aromatic carbocycles. The van der Waals surface area contributed by atoms with E-state index >= 15 is 0 Å². The number of piperazine rings is 1. The van der Waals surface area contributed by atoms with E-state index in [1.807, 2.05) is 23.1 Å². The van der Waals surface area contributed by atoms with Crippen LogP contribution in [0.3, 0.4) is 0 Å². The van der Waals surface area contributed by atoms with Gasteiger partial charge in [0.2, 0.25) is 5.91 Å². The molecule has 0 radical (unpaired) electrons. The number of hydrogen-bond acceptors (Lipinski definition) is 3. The number of aliphatic hydroxyl groups excluding tert-OH is 1. The van der Waals surface area contributed by atoms with Crippen LogP contribution in [0.4, 0.5) is 5.69 Å². The maximum absolute atomic E-state index is 11.4. The predicted octanol–water partition coefficient (Wildman–Crippen LogP) is 0.637. The Morgan fingerprint density at radius 3 is 2.94 bits per heavy atom. The van der Waals surface area contributed by atoms with E-state index in [9.17, 15) is 4.79 Å². The molecule has 1 saturated heterocycles. The molecule has 0 aliphatic carbocycles. The van der Waals surface area contributed by atoms with Gasteiger partial charge in [-0.1, -0.05) is 23.7 Å². The van der Waals surface area contributed by atoms with Gasteiger partial charge in [0.05, 0.1) is 29.9 Å². The highest BCUT2D eigenvalue weighted by atomic mass is 35.5. The Bertz CT molecular complexity index is 397. The lowest BCUT2D eigenvalue weighted by molar-refractivity contribution is -0.121. The molecule has 0 spiro atoms. The van der Waals surface area contributed by atoms with Crippen molar-refractivity contribution >= 4 is 23.2 Å². The lowest BCUT2D eigenvalue weighted by Gasteiger charge is -2.34. The summed E-state index contributed by atoms with van der Waals surface area (Å²) in [6.45, 7) is 0.791. The minimum atomic E-state index is -0.225. The van der Waals surface area contributed by atoms with Gasteiger partial charge in [0.15, 0.2) is 0 Å². The highest BCUT2D eigenvalue weighted by Crippen LogP contribution is 2.25. The number of para-hydroxylation sites is 1. The van der Waals surface area contributed by atoms with Gasteiger partial charge < -0.3 is 15.3 Å². The number of rotatable bonds is 2. The van der Waals surface area contributed by atoms with Crippen LogP contribution in [0.15, 0.2) is 24.3 Å². The Labute approximate surface area is 98.8 Å². The molecule has 1 aliphatic rings. The van der Waals surface area contributed by atoms with E-state index in [0.29, 0.717) is 11.6 Å². The first-order chi connectivity index (χ1) is 7.70.